The third-order valence-electron chi connectivity index (χ3n) is 4.68. The van der Waals surface area contributed by atoms with Crippen LogP contribution in [-0.2, 0) is 0 Å². The molecule has 2 heterocycles. The molecule has 0 unspecified atom stereocenters. The number of hydrogen-bond acceptors (Lipinski definition) is 4. The number of fused-ring (bicyclic) bond motifs is 1. The Kier molecular flexibility index (Phi) is 4.47. The maximum atomic E-state index is 10.9. The minimum Gasteiger partial charge on any atom is -0.505 e. The van der Waals surface area contributed by atoms with Crippen LogP contribution in [0.1, 0.15) is 28.4 Å². The van der Waals surface area contributed by atoms with Gasteiger partial charge in [0.1, 0.15) is 17.1 Å². The highest BCUT2D eigenvalue weighted by Crippen LogP contribution is 2.36. The minimum atomic E-state index is -0.244. The van der Waals surface area contributed by atoms with Crippen LogP contribution < -0.4 is 5.32 Å². The standard InChI is InChI=1S/C23H21N3O/c1-15-8-10-18(11-9-15)21(26-20-7-3-5-16(2)25-20)19-13-12-17-6-4-14-24-22(17)23(19)27/h3-14,21,27H,1-2H3,(H,25,26)/t21-/m1/s1. The largest absolute Gasteiger partial charge is 0.505 e. The first-order chi connectivity index (χ1) is 13.1. The predicted molar refractivity (Wildman–Crippen MR) is 109 cm³/mol. The molecule has 4 heteroatoms. The van der Waals surface area contributed by atoms with E-state index in [0.717, 1.165) is 28.0 Å². The molecule has 0 aliphatic heterocycles. The van der Waals surface area contributed by atoms with Gasteiger partial charge < -0.3 is 10.4 Å². The van der Waals surface area contributed by atoms with Crippen LogP contribution in [-0.4, -0.2) is 15.1 Å². The Morgan fingerprint density at radius 1 is 0.889 bits per heavy atom. The van der Waals surface area contributed by atoms with Crippen molar-refractivity contribution in [3.05, 3.63) is 95.3 Å². The van der Waals surface area contributed by atoms with Crippen molar-refractivity contribution in [3.63, 3.8) is 0 Å². The molecule has 27 heavy (non-hydrogen) atoms. The second-order valence-corrected chi connectivity index (χ2v) is 6.73. The van der Waals surface area contributed by atoms with E-state index < -0.39 is 0 Å². The van der Waals surface area contributed by atoms with Crippen LogP contribution in [0.4, 0.5) is 5.82 Å². The number of rotatable bonds is 4. The van der Waals surface area contributed by atoms with Crippen molar-refractivity contribution in [1.82, 2.24) is 9.97 Å². The predicted octanol–water partition coefficient (Wildman–Crippen LogP) is 5.15. The summed E-state index contributed by atoms with van der Waals surface area (Å²) in [7, 11) is 0. The molecule has 1 atom stereocenters. The van der Waals surface area contributed by atoms with Crippen molar-refractivity contribution < 1.29 is 5.11 Å². The summed E-state index contributed by atoms with van der Waals surface area (Å²) in [4.78, 5) is 8.92. The molecule has 4 nitrogen and oxygen atoms in total. The number of phenolic OH excluding ortho intramolecular Hbond substituents is 1. The number of nitrogens with one attached hydrogen (secondary N) is 1. The molecule has 2 aromatic heterocycles. The van der Waals surface area contributed by atoms with Gasteiger partial charge in [-0.05, 0) is 37.6 Å². The quantitative estimate of drug-likeness (QED) is 0.531. The Morgan fingerprint density at radius 2 is 1.70 bits per heavy atom. The van der Waals surface area contributed by atoms with Crippen molar-refractivity contribution in [2.45, 2.75) is 19.9 Å². The fraction of sp³-hybridized carbons (Fsp3) is 0.130. The van der Waals surface area contributed by atoms with Gasteiger partial charge in [-0.1, -0.05) is 54.1 Å². The van der Waals surface area contributed by atoms with Crippen LogP contribution in [0.15, 0.2) is 72.9 Å². The Balaban J connectivity index is 1.84. The molecule has 0 aliphatic rings. The van der Waals surface area contributed by atoms with Crippen LogP contribution in [0.25, 0.3) is 10.9 Å². The van der Waals surface area contributed by atoms with Gasteiger partial charge in [0.05, 0.1) is 6.04 Å². The van der Waals surface area contributed by atoms with Crippen molar-refractivity contribution >= 4 is 16.7 Å². The molecule has 0 amide bonds. The molecule has 0 spiro atoms. The Labute approximate surface area is 158 Å². The highest BCUT2D eigenvalue weighted by atomic mass is 16.3. The smallest absolute Gasteiger partial charge is 0.147 e. The number of aromatic nitrogens is 2. The summed E-state index contributed by atoms with van der Waals surface area (Å²) in [5.74, 6) is 0.958. The number of benzene rings is 2. The lowest BCUT2D eigenvalue weighted by atomic mass is 9.95. The molecule has 134 valence electrons. The Hall–Kier alpha value is -3.40. The summed E-state index contributed by atoms with van der Waals surface area (Å²) in [5.41, 5.74) is 4.55. The summed E-state index contributed by atoms with van der Waals surface area (Å²) in [5, 5.41) is 15.3. The maximum Gasteiger partial charge on any atom is 0.147 e. The molecule has 0 aliphatic carbocycles. The van der Waals surface area contributed by atoms with E-state index in [1.54, 1.807) is 6.20 Å². The average Bonchev–Trinajstić information content (AvgIpc) is 2.68. The second-order valence-electron chi connectivity index (χ2n) is 6.73. The van der Waals surface area contributed by atoms with Crippen molar-refractivity contribution in [2.24, 2.45) is 0 Å². The highest BCUT2D eigenvalue weighted by molar-refractivity contribution is 5.86. The van der Waals surface area contributed by atoms with Crippen molar-refractivity contribution in [2.75, 3.05) is 5.32 Å². The molecule has 2 N–H and O–H groups in total. The number of pyridine rings is 2. The van der Waals surface area contributed by atoms with Gasteiger partial charge in [-0.2, -0.15) is 0 Å². The summed E-state index contributed by atoms with van der Waals surface area (Å²) in [6.07, 6.45) is 1.70. The normalized spacial score (nSPS) is 12.1. The zero-order valence-corrected chi connectivity index (χ0v) is 15.3. The van der Waals surface area contributed by atoms with E-state index in [9.17, 15) is 5.11 Å². The van der Waals surface area contributed by atoms with E-state index in [0.29, 0.717) is 5.52 Å². The number of nitrogens with zero attached hydrogens (tertiary/aromatic N) is 2. The van der Waals surface area contributed by atoms with Gasteiger partial charge >= 0.3 is 0 Å². The molecule has 4 aromatic rings. The van der Waals surface area contributed by atoms with E-state index in [4.69, 9.17) is 0 Å². The molecule has 0 saturated carbocycles. The highest BCUT2D eigenvalue weighted by Gasteiger charge is 2.20. The summed E-state index contributed by atoms with van der Waals surface area (Å²) >= 11 is 0. The van der Waals surface area contributed by atoms with Gasteiger partial charge in [0.25, 0.3) is 0 Å². The zero-order chi connectivity index (χ0) is 18.8. The first-order valence-electron chi connectivity index (χ1n) is 8.95. The number of hydrogen-bond donors (Lipinski definition) is 2. The second kappa shape index (κ2) is 7.08. The lowest BCUT2D eigenvalue weighted by Gasteiger charge is -2.22. The lowest BCUT2D eigenvalue weighted by molar-refractivity contribution is 0.471. The van der Waals surface area contributed by atoms with Gasteiger partial charge in [-0.25, -0.2) is 4.98 Å². The summed E-state index contributed by atoms with van der Waals surface area (Å²) in [6, 6.07) is 21.7. The van der Waals surface area contributed by atoms with Crippen LogP contribution in [0.5, 0.6) is 5.75 Å². The molecule has 0 fully saturated rings. The summed E-state index contributed by atoms with van der Waals surface area (Å²) in [6.45, 7) is 4.02. The van der Waals surface area contributed by atoms with Gasteiger partial charge in [-0.3, -0.25) is 4.98 Å². The van der Waals surface area contributed by atoms with E-state index in [2.05, 4.69) is 46.5 Å². The number of anilines is 1. The van der Waals surface area contributed by atoms with Gasteiger partial charge in [0.15, 0.2) is 0 Å². The van der Waals surface area contributed by atoms with E-state index in [1.165, 1.54) is 5.56 Å². The molecule has 4 rings (SSSR count). The van der Waals surface area contributed by atoms with E-state index in [1.807, 2.05) is 49.4 Å². The van der Waals surface area contributed by atoms with Crippen molar-refractivity contribution in [1.29, 1.82) is 0 Å². The minimum absolute atomic E-state index is 0.193. The van der Waals surface area contributed by atoms with E-state index >= 15 is 0 Å². The Bertz CT molecular complexity index is 1090. The molecule has 0 saturated heterocycles. The first-order valence-corrected chi connectivity index (χ1v) is 8.95. The number of aromatic hydroxyl groups is 1. The van der Waals surface area contributed by atoms with Crippen LogP contribution in [0, 0.1) is 13.8 Å². The SMILES string of the molecule is Cc1ccc([C@@H](Nc2cccc(C)n2)c2ccc3cccnc3c2O)cc1. The van der Waals surface area contributed by atoms with Crippen LogP contribution in [0.3, 0.4) is 0 Å². The topological polar surface area (TPSA) is 58.0 Å². The van der Waals surface area contributed by atoms with E-state index in [-0.39, 0.29) is 11.8 Å². The third kappa shape index (κ3) is 3.47. The Morgan fingerprint density at radius 3 is 2.48 bits per heavy atom. The zero-order valence-electron chi connectivity index (χ0n) is 15.3. The van der Waals surface area contributed by atoms with Crippen molar-refractivity contribution in [3.8, 4) is 5.75 Å². The number of phenols is 1. The monoisotopic (exact) mass is 355 g/mol. The van der Waals surface area contributed by atoms with Gasteiger partial charge in [0.2, 0.25) is 0 Å². The maximum absolute atomic E-state index is 10.9. The van der Waals surface area contributed by atoms with Gasteiger partial charge in [0, 0.05) is 22.8 Å². The fourth-order valence-corrected chi connectivity index (χ4v) is 3.25. The lowest BCUT2D eigenvalue weighted by Crippen LogP contribution is -2.14. The fourth-order valence-electron chi connectivity index (χ4n) is 3.25. The van der Waals surface area contributed by atoms with Crippen LogP contribution >= 0.6 is 0 Å². The summed E-state index contributed by atoms with van der Waals surface area (Å²) < 4.78 is 0. The number of aryl methyl sites for hydroxylation is 2. The first kappa shape index (κ1) is 17.0. The molecular formula is C23H21N3O. The molecule has 2 aromatic carbocycles. The van der Waals surface area contributed by atoms with Crippen LogP contribution in [0.2, 0.25) is 0 Å². The van der Waals surface area contributed by atoms with Gasteiger partial charge in [-0.15, -0.1) is 0 Å². The molecule has 0 bridgehead atoms. The third-order valence-corrected chi connectivity index (χ3v) is 4.68. The molecular weight excluding hydrogens is 334 g/mol. The molecule has 0 radical (unpaired) electrons. The average molecular weight is 355 g/mol.